The summed E-state index contributed by atoms with van der Waals surface area (Å²) in [6.45, 7) is 5.16. The highest BCUT2D eigenvalue weighted by Gasteiger charge is 2.24. The standard InChI is InChI=1S/C18H27N5O3/c1-20-10-12-22(13-11-20)19-18(24)15-6-7-16(17(14-15)23(25)26)21-8-4-2-3-5-9-21/h6-7,14H,2-5,8-13H2,1H3,(H,19,24)/p+1. The number of hydrogen-bond acceptors (Lipinski definition) is 5. The molecule has 2 fully saturated rings. The fraction of sp³-hybridized carbons (Fsp3) is 0.611. The smallest absolute Gasteiger partial charge is 0.293 e. The van der Waals surface area contributed by atoms with Crippen LogP contribution in [0, 0.1) is 10.1 Å². The van der Waals surface area contributed by atoms with Crippen LogP contribution in [0.1, 0.15) is 36.0 Å². The maximum atomic E-state index is 12.5. The van der Waals surface area contributed by atoms with Crippen LogP contribution in [0.25, 0.3) is 0 Å². The zero-order valence-electron chi connectivity index (χ0n) is 15.4. The molecule has 1 amide bonds. The van der Waals surface area contributed by atoms with Crippen molar-refractivity contribution in [3.05, 3.63) is 33.9 Å². The number of piperazine rings is 1. The highest BCUT2D eigenvalue weighted by molar-refractivity contribution is 5.95. The lowest BCUT2D eigenvalue weighted by atomic mass is 10.1. The van der Waals surface area contributed by atoms with E-state index in [0.29, 0.717) is 11.3 Å². The Labute approximate surface area is 153 Å². The predicted octanol–water partition coefficient (Wildman–Crippen LogP) is 0.450. The number of carbonyl (C=O) groups excluding carboxylic acids is 1. The van der Waals surface area contributed by atoms with Crippen LogP contribution in [0.15, 0.2) is 18.2 Å². The summed E-state index contributed by atoms with van der Waals surface area (Å²) in [5.74, 6) is -0.282. The number of amides is 1. The number of nitrogens with one attached hydrogen (secondary N) is 2. The second-order valence-corrected chi connectivity index (χ2v) is 7.25. The summed E-state index contributed by atoms with van der Waals surface area (Å²) in [7, 11) is 2.13. The number of quaternary nitrogens is 1. The second-order valence-electron chi connectivity index (χ2n) is 7.25. The van der Waals surface area contributed by atoms with Crippen molar-refractivity contribution < 1.29 is 14.6 Å². The van der Waals surface area contributed by atoms with E-state index < -0.39 is 0 Å². The molecule has 0 radical (unpaired) electrons. The molecule has 0 saturated carbocycles. The lowest BCUT2D eigenvalue weighted by molar-refractivity contribution is -0.884. The predicted molar refractivity (Wildman–Crippen MR) is 99.4 cm³/mol. The molecule has 0 bridgehead atoms. The quantitative estimate of drug-likeness (QED) is 0.600. The van der Waals surface area contributed by atoms with Crippen molar-refractivity contribution in [1.29, 1.82) is 0 Å². The molecule has 2 N–H and O–H groups in total. The normalized spacial score (nSPS) is 19.8. The van der Waals surface area contributed by atoms with Crippen LogP contribution in [0.4, 0.5) is 11.4 Å². The van der Waals surface area contributed by atoms with Gasteiger partial charge in [0.2, 0.25) is 0 Å². The molecule has 2 saturated heterocycles. The van der Waals surface area contributed by atoms with E-state index >= 15 is 0 Å². The van der Waals surface area contributed by atoms with Gasteiger partial charge in [-0.15, -0.1) is 0 Å². The first-order valence-electron chi connectivity index (χ1n) is 9.45. The summed E-state index contributed by atoms with van der Waals surface area (Å²) < 4.78 is 0. The summed E-state index contributed by atoms with van der Waals surface area (Å²) in [6, 6.07) is 4.84. The molecule has 2 aliphatic heterocycles. The van der Waals surface area contributed by atoms with Crippen LogP contribution in [0.2, 0.25) is 0 Å². The van der Waals surface area contributed by atoms with Crippen LogP contribution in [-0.2, 0) is 0 Å². The topological polar surface area (TPSA) is 83.2 Å². The van der Waals surface area contributed by atoms with Gasteiger partial charge in [-0.1, -0.05) is 12.8 Å². The lowest BCUT2D eigenvalue weighted by Gasteiger charge is -2.30. The van der Waals surface area contributed by atoms with Crippen LogP contribution >= 0.6 is 0 Å². The number of rotatable bonds is 4. The van der Waals surface area contributed by atoms with Crippen LogP contribution in [0.3, 0.4) is 0 Å². The van der Waals surface area contributed by atoms with Crippen molar-refractivity contribution in [3.63, 3.8) is 0 Å². The molecule has 8 nitrogen and oxygen atoms in total. The van der Waals surface area contributed by atoms with Gasteiger partial charge in [0.15, 0.2) is 0 Å². The van der Waals surface area contributed by atoms with E-state index in [1.165, 1.54) is 11.0 Å². The number of carbonyl (C=O) groups is 1. The van der Waals surface area contributed by atoms with Crippen molar-refractivity contribution in [2.75, 3.05) is 51.2 Å². The van der Waals surface area contributed by atoms with Crippen molar-refractivity contribution in [2.24, 2.45) is 0 Å². The molecule has 26 heavy (non-hydrogen) atoms. The molecule has 8 heteroatoms. The lowest BCUT2D eigenvalue weighted by Crippen LogP contribution is -3.12. The maximum Gasteiger partial charge on any atom is 0.293 e. The third kappa shape index (κ3) is 4.50. The SMILES string of the molecule is C[NH+]1CCN(NC(=O)c2ccc(N3CCCCCC3)c([N+](=O)[O-])c2)CC1. The molecule has 0 unspecified atom stereocenters. The largest absolute Gasteiger partial charge is 0.366 e. The van der Waals surface area contributed by atoms with Gasteiger partial charge in [-0.05, 0) is 25.0 Å². The average molecular weight is 362 g/mol. The molecule has 3 rings (SSSR count). The molecule has 2 heterocycles. The van der Waals surface area contributed by atoms with Gasteiger partial charge in [0.05, 0.1) is 38.2 Å². The summed E-state index contributed by atoms with van der Waals surface area (Å²) in [6.07, 6.45) is 4.42. The number of hydrazine groups is 1. The molecular weight excluding hydrogens is 334 g/mol. The molecular formula is C18H28N5O3+. The fourth-order valence-corrected chi connectivity index (χ4v) is 3.60. The Morgan fingerprint density at radius 3 is 2.38 bits per heavy atom. The Kier molecular flexibility index (Phi) is 6.05. The molecule has 142 valence electrons. The van der Waals surface area contributed by atoms with E-state index in [2.05, 4.69) is 17.4 Å². The van der Waals surface area contributed by atoms with E-state index in [9.17, 15) is 14.9 Å². The third-order valence-corrected chi connectivity index (χ3v) is 5.26. The highest BCUT2D eigenvalue weighted by Crippen LogP contribution is 2.31. The first-order chi connectivity index (χ1) is 12.5. The number of nitro groups is 1. The molecule has 2 aliphatic rings. The fourth-order valence-electron chi connectivity index (χ4n) is 3.60. The van der Waals surface area contributed by atoms with Gasteiger partial charge in [-0.2, -0.15) is 0 Å². The molecule has 0 atom stereocenters. The summed E-state index contributed by atoms with van der Waals surface area (Å²) in [4.78, 5) is 27.2. The van der Waals surface area contributed by atoms with Crippen molar-refractivity contribution in [3.8, 4) is 0 Å². The van der Waals surface area contributed by atoms with E-state index in [4.69, 9.17) is 0 Å². The Morgan fingerprint density at radius 2 is 1.77 bits per heavy atom. The van der Waals surface area contributed by atoms with Crippen LogP contribution in [0.5, 0.6) is 0 Å². The van der Waals surface area contributed by atoms with Gasteiger partial charge < -0.3 is 9.80 Å². The monoisotopic (exact) mass is 362 g/mol. The van der Waals surface area contributed by atoms with E-state index in [0.717, 1.165) is 65.0 Å². The minimum atomic E-state index is -0.379. The zero-order chi connectivity index (χ0) is 18.5. The number of nitrogens with zero attached hydrogens (tertiary/aromatic N) is 3. The number of benzene rings is 1. The minimum absolute atomic E-state index is 0.0161. The number of likely N-dealkylation sites (N-methyl/N-ethyl adjacent to an activating group) is 1. The maximum absolute atomic E-state index is 12.5. The first kappa shape index (κ1) is 18.6. The first-order valence-corrected chi connectivity index (χ1v) is 9.45. The molecule has 1 aromatic rings. The van der Waals surface area contributed by atoms with Crippen molar-refractivity contribution in [1.82, 2.24) is 10.4 Å². The van der Waals surface area contributed by atoms with Gasteiger partial charge in [0.1, 0.15) is 5.69 Å². The Hall–Kier alpha value is -2.19. The third-order valence-electron chi connectivity index (χ3n) is 5.26. The number of hydrogen-bond donors (Lipinski definition) is 2. The summed E-state index contributed by atoms with van der Waals surface area (Å²) in [5.41, 5.74) is 3.85. The Morgan fingerprint density at radius 1 is 1.12 bits per heavy atom. The number of anilines is 1. The number of nitro benzene ring substituents is 1. The molecule has 0 spiro atoms. The second kappa shape index (κ2) is 8.46. The average Bonchev–Trinajstić information content (AvgIpc) is 2.92. The minimum Gasteiger partial charge on any atom is -0.366 e. The summed E-state index contributed by atoms with van der Waals surface area (Å²) >= 11 is 0. The van der Waals surface area contributed by atoms with Gasteiger partial charge in [0, 0.05) is 24.7 Å². The van der Waals surface area contributed by atoms with Gasteiger partial charge in [-0.25, -0.2) is 5.01 Å². The Bertz CT molecular complexity index is 650. The van der Waals surface area contributed by atoms with Gasteiger partial charge >= 0.3 is 0 Å². The molecule has 0 aliphatic carbocycles. The summed E-state index contributed by atoms with van der Waals surface area (Å²) in [5, 5.41) is 13.5. The van der Waals surface area contributed by atoms with E-state index in [-0.39, 0.29) is 16.5 Å². The zero-order valence-corrected chi connectivity index (χ0v) is 15.4. The van der Waals surface area contributed by atoms with Crippen molar-refractivity contribution >= 4 is 17.3 Å². The molecule has 0 aromatic heterocycles. The Balaban J connectivity index is 1.75. The van der Waals surface area contributed by atoms with E-state index in [1.54, 1.807) is 12.1 Å². The van der Waals surface area contributed by atoms with Crippen LogP contribution in [-0.4, -0.2) is 62.2 Å². The van der Waals surface area contributed by atoms with E-state index in [1.807, 2.05) is 5.01 Å². The van der Waals surface area contributed by atoms with Gasteiger partial charge in [-0.3, -0.25) is 20.3 Å². The highest BCUT2D eigenvalue weighted by atomic mass is 16.6. The molecule has 1 aromatic carbocycles. The van der Waals surface area contributed by atoms with Gasteiger partial charge in [0.25, 0.3) is 11.6 Å². The van der Waals surface area contributed by atoms with Crippen molar-refractivity contribution in [2.45, 2.75) is 25.7 Å². The van der Waals surface area contributed by atoms with Crippen LogP contribution < -0.4 is 15.2 Å².